The zero-order valence-corrected chi connectivity index (χ0v) is 9.80. The molecule has 0 saturated carbocycles. The van der Waals surface area contributed by atoms with Crippen LogP contribution in [0.3, 0.4) is 0 Å². The lowest BCUT2D eigenvalue weighted by Crippen LogP contribution is -2.17. The Morgan fingerprint density at radius 2 is 1.88 bits per heavy atom. The fourth-order valence-corrected chi connectivity index (χ4v) is 1.35. The van der Waals surface area contributed by atoms with E-state index in [2.05, 4.69) is 4.74 Å². The van der Waals surface area contributed by atoms with Gasteiger partial charge < -0.3 is 9.84 Å². The highest BCUT2D eigenvalue weighted by Crippen LogP contribution is 2.30. The van der Waals surface area contributed by atoms with Gasteiger partial charge in [0, 0.05) is 6.07 Å². The van der Waals surface area contributed by atoms with Gasteiger partial charge in [0.05, 0.1) is 22.2 Å². The molecule has 0 unspecified atom stereocenters. The monoisotopic (exact) mass is 262 g/mol. The highest BCUT2D eigenvalue weighted by molar-refractivity contribution is 6.45. The number of esters is 1. The number of benzene rings is 1. The van der Waals surface area contributed by atoms with E-state index in [-0.39, 0.29) is 22.2 Å². The Hall–Kier alpha value is -1.26. The number of rotatable bonds is 3. The van der Waals surface area contributed by atoms with Crippen LogP contribution in [0.25, 0.3) is 0 Å². The van der Waals surface area contributed by atoms with Crippen molar-refractivity contribution in [3.63, 3.8) is 0 Å². The molecule has 0 atom stereocenters. The summed E-state index contributed by atoms with van der Waals surface area (Å²) in [5, 5.41) is 9.60. The molecule has 0 fully saturated rings. The van der Waals surface area contributed by atoms with Crippen LogP contribution < -0.4 is 0 Å². The molecule has 1 N–H and O–H groups in total. The van der Waals surface area contributed by atoms with Crippen LogP contribution in [-0.2, 0) is 9.53 Å². The Morgan fingerprint density at radius 1 is 1.31 bits per heavy atom. The quantitative estimate of drug-likeness (QED) is 0.516. The van der Waals surface area contributed by atoms with Crippen molar-refractivity contribution < 1.29 is 19.4 Å². The van der Waals surface area contributed by atoms with E-state index >= 15 is 0 Å². The summed E-state index contributed by atoms with van der Waals surface area (Å²) < 4.78 is 4.51. The van der Waals surface area contributed by atoms with Crippen molar-refractivity contribution in [2.24, 2.45) is 0 Å². The van der Waals surface area contributed by atoms with Gasteiger partial charge in [-0.25, -0.2) is 4.79 Å². The lowest BCUT2D eigenvalue weighted by Gasteiger charge is -2.05. The van der Waals surface area contributed by atoms with Crippen molar-refractivity contribution in [2.75, 3.05) is 6.61 Å². The molecule has 0 aromatic heterocycles. The average molecular weight is 263 g/mol. The Balaban J connectivity index is 3.09. The van der Waals surface area contributed by atoms with Gasteiger partial charge in [0.15, 0.2) is 0 Å². The number of phenols is 1. The van der Waals surface area contributed by atoms with Gasteiger partial charge >= 0.3 is 5.97 Å². The number of ether oxygens (including phenoxy) is 1. The third kappa shape index (κ3) is 2.65. The molecule has 0 aliphatic rings. The molecular weight excluding hydrogens is 255 g/mol. The van der Waals surface area contributed by atoms with Gasteiger partial charge in [0.2, 0.25) is 0 Å². The van der Waals surface area contributed by atoms with E-state index in [0.29, 0.717) is 0 Å². The van der Waals surface area contributed by atoms with Crippen molar-refractivity contribution in [1.29, 1.82) is 0 Å². The van der Waals surface area contributed by atoms with Crippen LogP contribution in [0.2, 0.25) is 10.0 Å². The minimum atomic E-state index is -1.05. The standard InChI is InChI=1S/C10H8Cl2O4/c1-2-16-10(15)9(14)5-3-6(11)7(12)4-8(5)13/h3-4,13H,2H2,1H3. The van der Waals surface area contributed by atoms with E-state index < -0.39 is 17.5 Å². The van der Waals surface area contributed by atoms with Crippen molar-refractivity contribution in [2.45, 2.75) is 6.92 Å². The van der Waals surface area contributed by atoms with Crippen LogP contribution in [-0.4, -0.2) is 23.5 Å². The topological polar surface area (TPSA) is 63.6 Å². The summed E-state index contributed by atoms with van der Waals surface area (Å²) in [6, 6.07) is 2.22. The Labute approximate surface area is 102 Å². The molecule has 6 heteroatoms. The predicted octanol–water partition coefficient (Wildman–Crippen LogP) is 2.44. The molecule has 1 aromatic carbocycles. The van der Waals surface area contributed by atoms with Gasteiger partial charge in [-0.2, -0.15) is 0 Å². The van der Waals surface area contributed by atoms with Crippen LogP contribution in [0.1, 0.15) is 17.3 Å². The summed E-state index contributed by atoms with van der Waals surface area (Å²) in [6.45, 7) is 1.65. The minimum Gasteiger partial charge on any atom is -0.507 e. The van der Waals surface area contributed by atoms with E-state index in [1.165, 1.54) is 0 Å². The Morgan fingerprint density at radius 3 is 2.44 bits per heavy atom. The third-order valence-electron chi connectivity index (χ3n) is 1.74. The Kier molecular flexibility index (Phi) is 4.15. The summed E-state index contributed by atoms with van der Waals surface area (Å²) >= 11 is 11.3. The van der Waals surface area contributed by atoms with Gasteiger partial charge in [-0.3, -0.25) is 4.79 Å². The molecule has 16 heavy (non-hydrogen) atoms. The summed E-state index contributed by atoms with van der Waals surface area (Å²) in [7, 11) is 0. The predicted molar refractivity (Wildman–Crippen MR) is 59.1 cm³/mol. The van der Waals surface area contributed by atoms with Crippen molar-refractivity contribution in [3.05, 3.63) is 27.7 Å². The van der Waals surface area contributed by atoms with Crippen molar-refractivity contribution in [3.8, 4) is 5.75 Å². The second kappa shape index (κ2) is 5.18. The molecule has 1 rings (SSSR count). The highest BCUT2D eigenvalue weighted by Gasteiger charge is 2.22. The first-order valence-electron chi connectivity index (χ1n) is 4.36. The Bertz CT molecular complexity index is 443. The SMILES string of the molecule is CCOC(=O)C(=O)c1cc(Cl)c(Cl)cc1O. The number of halogens is 2. The van der Waals surface area contributed by atoms with Crippen molar-refractivity contribution in [1.82, 2.24) is 0 Å². The fraction of sp³-hybridized carbons (Fsp3) is 0.200. The van der Waals surface area contributed by atoms with Gasteiger partial charge in [-0.1, -0.05) is 23.2 Å². The number of carbonyl (C=O) groups excluding carboxylic acids is 2. The minimum absolute atomic E-state index is 0.0760. The molecular formula is C10H8Cl2O4. The summed E-state index contributed by atoms with van der Waals surface area (Å²) in [5.74, 6) is -2.42. The highest BCUT2D eigenvalue weighted by atomic mass is 35.5. The summed E-state index contributed by atoms with van der Waals surface area (Å²) in [6.07, 6.45) is 0. The van der Waals surface area contributed by atoms with Gasteiger partial charge in [0.25, 0.3) is 5.78 Å². The van der Waals surface area contributed by atoms with Crippen molar-refractivity contribution >= 4 is 35.0 Å². The van der Waals surface area contributed by atoms with Crippen LogP contribution in [0.4, 0.5) is 0 Å². The van der Waals surface area contributed by atoms with Gasteiger partial charge in [-0.15, -0.1) is 0 Å². The fourth-order valence-electron chi connectivity index (χ4n) is 1.02. The van der Waals surface area contributed by atoms with Gasteiger partial charge in [0.1, 0.15) is 5.75 Å². The number of phenolic OH excluding ortho intramolecular Hbond substituents is 1. The molecule has 1 aromatic rings. The largest absolute Gasteiger partial charge is 0.507 e. The normalized spacial score (nSPS) is 9.94. The first kappa shape index (κ1) is 12.8. The molecule has 4 nitrogen and oxygen atoms in total. The van der Waals surface area contributed by atoms with E-state index in [1.807, 2.05) is 0 Å². The lowest BCUT2D eigenvalue weighted by molar-refractivity contribution is -0.137. The second-order valence-electron chi connectivity index (χ2n) is 2.83. The van der Waals surface area contributed by atoms with Crippen LogP contribution in [0, 0.1) is 0 Å². The number of Topliss-reactive ketones (excluding diaryl/α,β-unsaturated/α-hetero) is 1. The molecule has 86 valence electrons. The third-order valence-corrected chi connectivity index (χ3v) is 2.47. The van der Waals surface area contributed by atoms with Gasteiger partial charge in [-0.05, 0) is 13.0 Å². The number of aromatic hydroxyl groups is 1. The molecule has 0 amide bonds. The molecule has 0 spiro atoms. The second-order valence-corrected chi connectivity index (χ2v) is 3.65. The maximum atomic E-state index is 11.5. The van der Waals surface area contributed by atoms with Crippen LogP contribution in [0.5, 0.6) is 5.75 Å². The number of hydrogen-bond donors (Lipinski definition) is 1. The zero-order valence-electron chi connectivity index (χ0n) is 8.29. The van der Waals surface area contributed by atoms with E-state index in [9.17, 15) is 14.7 Å². The van der Waals surface area contributed by atoms with E-state index in [0.717, 1.165) is 12.1 Å². The number of hydrogen-bond acceptors (Lipinski definition) is 4. The maximum Gasteiger partial charge on any atom is 0.379 e. The van der Waals surface area contributed by atoms with Crippen LogP contribution >= 0.6 is 23.2 Å². The average Bonchev–Trinajstić information content (AvgIpc) is 2.23. The number of carbonyl (C=O) groups is 2. The van der Waals surface area contributed by atoms with Crippen LogP contribution in [0.15, 0.2) is 12.1 Å². The molecule has 0 aliphatic heterocycles. The number of ketones is 1. The molecule has 0 bridgehead atoms. The molecule has 0 heterocycles. The smallest absolute Gasteiger partial charge is 0.379 e. The first-order chi connectivity index (χ1) is 7.47. The summed E-state index contributed by atoms with van der Waals surface area (Å²) in [4.78, 5) is 22.6. The molecule has 0 saturated heterocycles. The lowest BCUT2D eigenvalue weighted by atomic mass is 10.1. The maximum absolute atomic E-state index is 11.5. The molecule has 0 aliphatic carbocycles. The summed E-state index contributed by atoms with van der Waals surface area (Å²) in [5.41, 5.74) is -0.229. The van der Waals surface area contributed by atoms with E-state index in [4.69, 9.17) is 23.2 Å². The first-order valence-corrected chi connectivity index (χ1v) is 5.12. The zero-order chi connectivity index (χ0) is 12.3. The van der Waals surface area contributed by atoms with E-state index in [1.54, 1.807) is 6.92 Å². The molecule has 0 radical (unpaired) electrons.